The molecule has 1 saturated heterocycles. The minimum Gasteiger partial charge on any atom is -0.410 e. The summed E-state index contributed by atoms with van der Waals surface area (Å²) in [5.41, 5.74) is -0.804. The van der Waals surface area contributed by atoms with Crippen molar-refractivity contribution in [3.63, 3.8) is 0 Å². The summed E-state index contributed by atoms with van der Waals surface area (Å²) in [6.45, 7) is 16.9. The molecular formula is C25H46O7Si. The van der Waals surface area contributed by atoms with Gasteiger partial charge in [0.05, 0.1) is 43.4 Å². The molecule has 0 radical (unpaired) electrons. The van der Waals surface area contributed by atoms with Crippen molar-refractivity contribution in [3.8, 4) is 0 Å². The third kappa shape index (κ3) is 7.05. The van der Waals surface area contributed by atoms with E-state index in [1.807, 2.05) is 32.9 Å². The number of Topliss-reactive ketones (excluding diaryl/α,β-unsaturated/α-hetero) is 2. The number of rotatable bonds is 14. The Balaban J connectivity index is 3.36. The first-order valence-electron chi connectivity index (χ1n) is 12.0. The molecule has 0 bridgehead atoms. The first-order valence-corrected chi connectivity index (χ1v) is 15.0. The van der Waals surface area contributed by atoms with Crippen molar-refractivity contribution >= 4 is 19.9 Å². The number of aliphatic hydroxyl groups is 3. The maximum Gasteiger partial charge on any atom is 0.192 e. The highest BCUT2D eigenvalue weighted by atomic mass is 28.4. The van der Waals surface area contributed by atoms with Crippen molar-refractivity contribution in [1.82, 2.24) is 0 Å². The SMILES string of the molecule is C/C=C\[C@H](C)[C@H]1OC1(C)[C@@H](O[Si](C)(C)C(C)(C)C)[C@@H](CO)C(=O)[C@H](CO)[C@@H](O)CC(=O)CC. The molecule has 1 heterocycles. The summed E-state index contributed by atoms with van der Waals surface area (Å²) in [6.07, 6.45) is 1.75. The van der Waals surface area contributed by atoms with Crippen molar-refractivity contribution < 1.29 is 34.1 Å². The largest absolute Gasteiger partial charge is 0.410 e. The Kier molecular flexibility index (Phi) is 10.7. The van der Waals surface area contributed by atoms with E-state index in [0.717, 1.165) is 0 Å². The number of ether oxygens (including phenoxy) is 1. The highest BCUT2D eigenvalue weighted by molar-refractivity contribution is 6.74. The second kappa shape index (κ2) is 11.7. The van der Waals surface area contributed by atoms with Crippen LogP contribution in [0.4, 0.5) is 0 Å². The predicted molar refractivity (Wildman–Crippen MR) is 131 cm³/mol. The topological polar surface area (TPSA) is 117 Å². The summed E-state index contributed by atoms with van der Waals surface area (Å²) in [5.74, 6) is -2.80. The zero-order chi connectivity index (χ0) is 25.8. The number of allylic oxidation sites excluding steroid dienone is 1. The lowest BCUT2D eigenvalue weighted by atomic mass is 9.79. The molecule has 0 spiro atoms. The van der Waals surface area contributed by atoms with E-state index in [-0.39, 0.29) is 35.7 Å². The van der Waals surface area contributed by atoms with Crippen LogP contribution in [0.2, 0.25) is 18.1 Å². The molecule has 0 aromatic rings. The monoisotopic (exact) mass is 486 g/mol. The molecule has 33 heavy (non-hydrogen) atoms. The van der Waals surface area contributed by atoms with Gasteiger partial charge in [-0.05, 0) is 32.0 Å². The fourth-order valence-corrected chi connectivity index (χ4v) is 5.51. The van der Waals surface area contributed by atoms with Gasteiger partial charge in [0.2, 0.25) is 0 Å². The van der Waals surface area contributed by atoms with Crippen molar-refractivity contribution in [2.45, 2.75) is 103 Å². The second-order valence-corrected chi connectivity index (χ2v) is 15.8. The lowest BCUT2D eigenvalue weighted by Crippen LogP contribution is -2.55. The fourth-order valence-electron chi connectivity index (χ4n) is 4.13. The van der Waals surface area contributed by atoms with Crippen LogP contribution in [0.1, 0.15) is 61.3 Å². The molecule has 7 atom stereocenters. The fraction of sp³-hybridized carbons (Fsp3) is 0.840. The summed E-state index contributed by atoms with van der Waals surface area (Å²) in [4.78, 5) is 25.4. The number of aliphatic hydroxyl groups excluding tert-OH is 3. The normalized spacial score (nSPS) is 26.0. The average molecular weight is 487 g/mol. The van der Waals surface area contributed by atoms with E-state index >= 15 is 0 Å². The second-order valence-electron chi connectivity index (χ2n) is 11.1. The average Bonchev–Trinajstić information content (AvgIpc) is 3.40. The standard InChI is InChI=1S/C25H46O7Si/c1-10-12-16(3)22-25(7,31-22)23(32-33(8,9)24(4,5)6)19(15-27)21(30)18(14-26)20(29)13-17(28)11-2/h10,12,16,18-20,22-23,26-27,29H,11,13-15H2,1-9H3/b12-10-/t16-,18+,19-,20-,22+,23-,25?/m0/s1. The molecule has 192 valence electrons. The summed E-state index contributed by atoms with van der Waals surface area (Å²) in [7, 11) is -2.39. The quantitative estimate of drug-likeness (QED) is 0.196. The number of hydrogen-bond acceptors (Lipinski definition) is 7. The van der Waals surface area contributed by atoms with Gasteiger partial charge in [0, 0.05) is 18.8 Å². The van der Waals surface area contributed by atoms with E-state index in [2.05, 4.69) is 33.9 Å². The third-order valence-electron chi connectivity index (χ3n) is 7.44. The summed E-state index contributed by atoms with van der Waals surface area (Å²) in [5, 5.41) is 30.7. The molecule has 1 aliphatic heterocycles. The molecule has 3 N–H and O–H groups in total. The van der Waals surface area contributed by atoms with E-state index < -0.39 is 57.0 Å². The minimum absolute atomic E-state index is 0.0846. The van der Waals surface area contributed by atoms with E-state index in [1.165, 1.54) is 0 Å². The molecule has 0 aromatic heterocycles. The van der Waals surface area contributed by atoms with Gasteiger partial charge in [0.25, 0.3) is 0 Å². The molecule has 1 unspecified atom stereocenters. The van der Waals surface area contributed by atoms with Gasteiger partial charge < -0.3 is 24.5 Å². The number of hydrogen-bond donors (Lipinski definition) is 3. The van der Waals surface area contributed by atoms with Crippen LogP contribution in [0, 0.1) is 17.8 Å². The van der Waals surface area contributed by atoms with Crippen LogP contribution in [-0.4, -0.2) is 72.3 Å². The van der Waals surface area contributed by atoms with Gasteiger partial charge in [-0.3, -0.25) is 9.59 Å². The van der Waals surface area contributed by atoms with Crippen molar-refractivity contribution in [2.24, 2.45) is 17.8 Å². The molecular weight excluding hydrogens is 440 g/mol. The predicted octanol–water partition coefficient (Wildman–Crippen LogP) is 3.26. The van der Waals surface area contributed by atoms with Gasteiger partial charge in [-0.2, -0.15) is 0 Å². The lowest BCUT2D eigenvalue weighted by molar-refractivity contribution is -0.140. The van der Waals surface area contributed by atoms with E-state index in [1.54, 1.807) is 6.92 Å². The van der Waals surface area contributed by atoms with E-state index in [0.29, 0.717) is 0 Å². The molecule has 1 aliphatic rings. The highest BCUT2D eigenvalue weighted by Crippen LogP contribution is 2.50. The van der Waals surface area contributed by atoms with Gasteiger partial charge in [0.1, 0.15) is 17.2 Å². The first kappa shape index (κ1) is 30.1. The molecule has 0 aromatic carbocycles. The van der Waals surface area contributed by atoms with E-state index in [9.17, 15) is 24.9 Å². The van der Waals surface area contributed by atoms with Gasteiger partial charge >= 0.3 is 0 Å². The van der Waals surface area contributed by atoms with Gasteiger partial charge in [-0.1, -0.05) is 46.8 Å². The zero-order valence-electron chi connectivity index (χ0n) is 21.9. The summed E-state index contributed by atoms with van der Waals surface area (Å²) >= 11 is 0. The van der Waals surface area contributed by atoms with Crippen LogP contribution in [0.25, 0.3) is 0 Å². The molecule has 0 aliphatic carbocycles. The van der Waals surface area contributed by atoms with E-state index in [4.69, 9.17) is 9.16 Å². The number of carbonyl (C=O) groups is 2. The Morgan fingerprint density at radius 1 is 1.18 bits per heavy atom. The Morgan fingerprint density at radius 3 is 2.15 bits per heavy atom. The zero-order valence-corrected chi connectivity index (χ0v) is 22.9. The number of carbonyl (C=O) groups excluding carboxylic acids is 2. The maximum absolute atomic E-state index is 13.5. The Bertz CT molecular complexity index is 699. The third-order valence-corrected chi connectivity index (χ3v) is 11.9. The van der Waals surface area contributed by atoms with Crippen molar-refractivity contribution in [3.05, 3.63) is 12.2 Å². The number of epoxide rings is 1. The Labute approximate surface area is 200 Å². The van der Waals surface area contributed by atoms with Crippen LogP contribution in [-0.2, 0) is 18.8 Å². The minimum atomic E-state index is -2.39. The molecule has 8 heteroatoms. The lowest BCUT2D eigenvalue weighted by Gasteiger charge is -2.43. The Morgan fingerprint density at radius 2 is 1.73 bits per heavy atom. The van der Waals surface area contributed by atoms with Crippen LogP contribution in [0.3, 0.4) is 0 Å². The molecule has 1 rings (SSSR count). The smallest absolute Gasteiger partial charge is 0.192 e. The van der Waals surface area contributed by atoms with Gasteiger partial charge in [-0.25, -0.2) is 0 Å². The van der Waals surface area contributed by atoms with Crippen LogP contribution >= 0.6 is 0 Å². The van der Waals surface area contributed by atoms with Crippen molar-refractivity contribution in [2.75, 3.05) is 13.2 Å². The van der Waals surface area contributed by atoms with Gasteiger partial charge in [0.15, 0.2) is 8.32 Å². The molecule has 1 fully saturated rings. The highest BCUT2D eigenvalue weighted by Gasteiger charge is 2.64. The summed E-state index contributed by atoms with van der Waals surface area (Å²) in [6, 6.07) is 0. The molecule has 0 saturated carbocycles. The molecule has 0 amide bonds. The van der Waals surface area contributed by atoms with Crippen molar-refractivity contribution in [1.29, 1.82) is 0 Å². The van der Waals surface area contributed by atoms with Crippen LogP contribution < -0.4 is 0 Å². The number of ketones is 2. The van der Waals surface area contributed by atoms with Crippen LogP contribution in [0.5, 0.6) is 0 Å². The van der Waals surface area contributed by atoms with Gasteiger partial charge in [-0.15, -0.1) is 0 Å². The maximum atomic E-state index is 13.5. The Hall–Kier alpha value is -0.903. The summed E-state index contributed by atoms with van der Waals surface area (Å²) < 4.78 is 12.8. The van der Waals surface area contributed by atoms with Crippen LogP contribution in [0.15, 0.2) is 12.2 Å². The molecule has 7 nitrogen and oxygen atoms in total. The first-order chi connectivity index (χ1) is 15.1.